The highest BCUT2D eigenvalue weighted by Gasteiger charge is 2.13. The molecule has 2 aromatic rings. The first-order valence-corrected chi connectivity index (χ1v) is 5.28. The van der Waals surface area contributed by atoms with E-state index in [-0.39, 0.29) is 22.2 Å². The molecule has 0 fully saturated rings. The molecule has 0 saturated carbocycles. The summed E-state index contributed by atoms with van der Waals surface area (Å²) in [6.07, 6.45) is 1.45. The average molecular weight is 288 g/mol. The Kier molecular flexibility index (Phi) is 3.66. The Morgan fingerprint density at radius 3 is 2.37 bits per heavy atom. The molecule has 1 aromatic carbocycles. The maximum absolute atomic E-state index is 13.0. The summed E-state index contributed by atoms with van der Waals surface area (Å²) in [6.45, 7) is 0. The van der Waals surface area contributed by atoms with Crippen LogP contribution >= 0.6 is 11.6 Å². The highest BCUT2D eigenvalue weighted by molar-refractivity contribution is 6.32. The van der Waals surface area contributed by atoms with E-state index in [2.05, 4.69) is 15.3 Å². The third kappa shape index (κ3) is 2.65. The number of nitrogens with one attached hydrogen (secondary N) is 1. The van der Waals surface area contributed by atoms with Gasteiger partial charge in [0.1, 0.15) is 17.3 Å². The second-order valence-electron chi connectivity index (χ2n) is 3.42. The van der Waals surface area contributed by atoms with Gasteiger partial charge in [-0.1, -0.05) is 11.6 Å². The SMILES string of the molecule is O=Cc1c(Cl)ncnc1Nc1cc(F)c(F)c(F)c1. The average Bonchev–Trinajstić information content (AvgIpc) is 2.36. The molecule has 4 nitrogen and oxygen atoms in total. The number of benzene rings is 1. The molecule has 0 aliphatic carbocycles. The van der Waals surface area contributed by atoms with E-state index < -0.39 is 17.5 Å². The Balaban J connectivity index is 2.42. The second kappa shape index (κ2) is 5.23. The van der Waals surface area contributed by atoms with Gasteiger partial charge >= 0.3 is 0 Å². The topological polar surface area (TPSA) is 54.9 Å². The van der Waals surface area contributed by atoms with E-state index in [4.69, 9.17) is 11.6 Å². The fraction of sp³-hybridized carbons (Fsp3) is 0. The maximum atomic E-state index is 13.0. The van der Waals surface area contributed by atoms with Crippen LogP contribution in [0.1, 0.15) is 10.4 Å². The van der Waals surface area contributed by atoms with E-state index in [1.54, 1.807) is 0 Å². The number of carbonyl (C=O) groups is 1. The van der Waals surface area contributed by atoms with E-state index in [0.29, 0.717) is 6.29 Å². The van der Waals surface area contributed by atoms with Crippen LogP contribution in [0.5, 0.6) is 0 Å². The zero-order valence-corrected chi connectivity index (χ0v) is 9.88. The van der Waals surface area contributed by atoms with E-state index in [0.717, 1.165) is 18.5 Å². The van der Waals surface area contributed by atoms with Gasteiger partial charge in [-0.2, -0.15) is 0 Å². The molecule has 98 valence electrons. The number of carbonyl (C=O) groups excluding carboxylic acids is 1. The number of rotatable bonds is 3. The van der Waals surface area contributed by atoms with Gasteiger partial charge in [-0.3, -0.25) is 4.79 Å². The molecule has 0 bridgehead atoms. The van der Waals surface area contributed by atoms with Crippen molar-refractivity contribution >= 4 is 29.4 Å². The van der Waals surface area contributed by atoms with Crippen LogP contribution in [0.3, 0.4) is 0 Å². The molecule has 19 heavy (non-hydrogen) atoms. The minimum atomic E-state index is -1.58. The first-order chi connectivity index (χ1) is 9.02. The summed E-state index contributed by atoms with van der Waals surface area (Å²) in [5.74, 6) is -4.35. The third-order valence-electron chi connectivity index (χ3n) is 2.20. The number of hydrogen-bond donors (Lipinski definition) is 1. The summed E-state index contributed by atoms with van der Waals surface area (Å²) in [4.78, 5) is 18.1. The fourth-order valence-corrected chi connectivity index (χ4v) is 1.52. The normalized spacial score (nSPS) is 10.3. The van der Waals surface area contributed by atoms with Gasteiger partial charge in [0, 0.05) is 17.8 Å². The first kappa shape index (κ1) is 13.3. The monoisotopic (exact) mass is 287 g/mol. The lowest BCUT2D eigenvalue weighted by Gasteiger charge is -2.08. The molecule has 0 amide bonds. The Morgan fingerprint density at radius 1 is 1.16 bits per heavy atom. The molecular weight excluding hydrogens is 283 g/mol. The summed E-state index contributed by atoms with van der Waals surface area (Å²) in [5.41, 5.74) is -0.191. The van der Waals surface area contributed by atoms with Crippen LogP contribution < -0.4 is 5.32 Å². The molecule has 1 N–H and O–H groups in total. The number of aldehydes is 1. The molecular formula is C11H5ClF3N3O. The van der Waals surface area contributed by atoms with Gasteiger partial charge in [0.2, 0.25) is 0 Å². The van der Waals surface area contributed by atoms with Crippen molar-refractivity contribution in [2.75, 3.05) is 5.32 Å². The van der Waals surface area contributed by atoms with Crippen molar-refractivity contribution in [1.29, 1.82) is 0 Å². The molecule has 0 saturated heterocycles. The molecule has 1 heterocycles. The van der Waals surface area contributed by atoms with Crippen molar-refractivity contribution in [3.63, 3.8) is 0 Å². The van der Waals surface area contributed by atoms with Gasteiger partial charge in [-0.05, 0) is 0 Å². The predicted octanol–water partition coefficient (Wildman–Crippen LogP) is 3.10. The summed E-state index contributed by atoms with van der Waals surface area (Å²) in [6, 6.07) is 1.45. The Hall–Kier alpha value is -2.15. The second-order valence-corrected chi connectivity index (χ2v) is 3.78. The van der Waals surface area contributed by atoms with Crippen molar-refractivity contribution in [3.8, 4) is 0 Å². The van der Waals surface area contributed by atoms with Gasteiger partial charge in [0.15, 0.2) is 23.7 Å². The zero-order valence-electron chi connectivity index (χ0n) is 9.12. The van der Waals surface area contributed by atoms with Crippen molar-refractivity contribution in [2.24, 2.45) is 0 Å². The molecule has 1 aromatic heterocycles. The van der Waals surface area contributed by atoms with Crippen LogP contribution in [-0.4, -0.2) is 16.3 Å². The highest BCUT2D eigenvalue weighted by atomic mass is 35.5. The summed E-state index contributed by atoms with van der Waals surface area (Å²) in [5, 5.41) is 2.34. The smallest absolute Gasteiger partial charge is 0.194 e. The largest absolute Gasteiger partial charge is 0.339 e. The van der Waals surface area contributed by atoms with Crippen molar-refractivity contribution in [2.45, 2.75) is 0 Å². The van der Waals surface area contributed by atoms with Crippen LogP contribution in [0.4, 0.5) is 24.7 Å². The Bertz CT molecular complexity index is 628. The quantitative estimate of drug-likeness (QED) is 0.535. The summed E-state index contributed by atoms with van der Waals surface area (Å²) >= 11 is 5.65. The zero-order chi connectivity index (χ0) is 14.0. The van der Waals surface area contributed by atoms with E-state index >= 15 is 0 Å². The van der Waals surface area contributed by atoms with Crippen molar-refractivity contribution in [3.05, 3.63) is 46.6 Å². The minimum Gasteiger partial charge on any atom is -0.339 e. The van der Waals surface area contributed by atoms with Crippen LogP contribution in [0.2, 0.25) is 5.15 Å². The molecule has 0 radical (unpaired) electrons. The maximum Gasteiger partial charge on any atom is 0.194 e. The van der Waals surface area contributed by atoms with Crippen LogP contribution in [0.15, 0.2) is 18.5 Å². The molecule has 2 rings (SSSR count). The molecule has 0 atom stereocenters. The molecule has 0 aliphatic rings. The number of hydrogen-bond acceptors (Lipinski definition) is 4. The lowest BCUT2D eigenvalue weighted by atomic mass is 10.2. The number of halogens is 4. The summed E-state index contributed by atoms with van der Waals surface area (Å²) < 4.78 is 38.8. The van der Waals surface area contributed by atoms with Crippen LogP contribution in [0, 0.1) is 17.5 Å². The molecule has 8 heteroatoms. The Morgan fingerprint density at radius 2 is 1.79 bits per heavy atom. The van der Waals surface area contributed by atoms with Crippen molar-refractivity contribution < 1.29 is 18.0 Å². The van der Waals surface area contributed by atoms with Crippen LogP contribution in [0.25, 0.3) is 0 Å². The fourth-order valence-electron chi connectivity index (χ4n) is 1.34. The third-order valence-corrected chi connectivity index (χ3v) is 2.50. The van der Waals surface area contributed by atoms with E-state index in [9.17, 15) is 18.0 Å². The standard InChI is InChI=1S/C11H5ClF3N3O/c12-10-6(3-19)11(17-4-16-10)18-5-1-7(13)9(15)8(14)2-5/h1-4H,(H,16,17,18). The summed E-state index contributed by atoms with van der Waals surface area (Å²) in [7, 11) is 0. The minimum absolute atomic E-state index is 0.0413. The number of anilines is 2. The Labute approximate surface area is 110 Å². The number of nitrogens with zero attached hydrogens (tertiary/aromatic N) is 2. The highest BCUT2D eigenvalue weighted by Crippen LogP contribution is 2.24. The molecule has 0 aliphatic heterocycles. The number of aromatic nitrogens is 2. The van der Waals surface area contributed by atoms with E-state index in [1.165, 1.54) is 0 Å². The van der Waals surface area contributed by atoms with Gasteiger partial charge in [-0.25, -0.2) is 23.1 Å². The van der Waals surface area contributed by atoms with Gasteiger partial charge in [0.05, 0.1) is 5.56 Å². The van der Waals surface area contributed by atoms with Crippen LogP contribution in [-0.2, 0) is 0 Å². The van der Waals surface area contributed by atoms with Gasteiger partial charge in [-0.15, -0.1) is 0 Å². The van der Waals surface area contributed by atoms with E-state index in [1.807, 2.05) is 0 Å². The lowest BCUT2D eigenvalue weighted by Crippen LogP contribution is -2.02. The van der Waals surface area contributed by atoms with Crippen molar-refractivity contribution in [1.82, 2.24) is 9.97 Å². The lowest BCUT2D eigenvalue weighted by molar-refractivity contribution is 0.112. The van der Waals surface area contributed by atoms with Gasteiger partial charge in [0.25, 0.3) is 0 Å². The molecule has 0 unspecified atom stereocenters. The molecule has 0 spiro atoms. The predicted molar refractivity (Wildman–Crippen MR) is 62.0 cm³/mol. The first-order valence-electron chi connectivity index (χ1n) is 4.90. The van der Waals surface area contributed by atoms with Gasteiger partial charge < -0.3 is 5.32 Å².